The number of ether oxygens (including phenoxy) is 1. The third-order valence-corrected chi connectivity index (χ3v) is 5.60. The third kappa shape index (κ3) is 4.80. The highest BCUT2D eigenvalue weighted by Gasteiger charge is 2.34. The van der Waals surface area contributed by atoms with E-state index in [1.165, 1.54) is 15.4 Å². The SMILES string of the molecule is Cc1cccc(CCCNC(=O)C2CN(S(C)(=O)=O)c3ccccc3O2)c1. The summed E-state index contributed by atoms with van der Waals surface area (Å²) in [5.74, 6) is 0.0940. The van der Waals surface area contributed by atoms with Crippen molar-refractivity contribution in [1.82, 2.24) is 5.32 Å². The highest BCUT2D eigenvalue weighted by Crippen LogP contribution is 2.34. The molecule has 1 aliphatic rings. The number of carbonyl (C=O) groups excluding carboxylic acids is 1. The van der Waals surface area contributed by atoms with E-state index in [0.29, 0.717) is 18.0 Å². The number of amides is 1. The summed E-state index contributed by atoms with van der Waals surface area (Å²) in [7, 11) is -3.50. The monoisotopic (exact) mass is 388 g/mol. The maximum Gasteiger partial charge on any atom is 0.263 e. The van der Waals surface area contributed by atoms with Crippen molar-refractivity contribution in [2.75, 3.05) is 23.7 Å². The lowest BCUT2D eigenvalue weighted by Gasteiger charge is -2.33. The van der Waals surface area contributed by atoms with E-state index in [2.05, 4.69) is 30.4 Å². The van der Waals surface area contributed by atoms with Crippen molar-refractivity contribution >= 4 is 21.6 Å². The minimum Gasteiger partial charge on any atom is -0.476 e. The molecule has 0 aromatic heterocycles. The Morgan fingerprint density at radius 3 is 2.74 bits per heavy atom. The van der Waals surface area contributed by atoms with E-state index in [4.69, 9.17) is 4.74 Å². The normalized spacial score (nSPS) is 16.4. The molecule has 1 atom stereocenters. The Labute approximate surface area is 160 Å². The molecule has 0 radical (unpaired) electrons. The first-order valence-electron chi connectivity index (χ1n) is 8.91. The fourth-order valence-electron chi connectivity index (χ4n) is 3.14. The van der Waals surface area contributed by atoms with Crippen molar-refractivity contribution in [2.45, 2.75) is 25.9 Å². The maximum absolute atomic E-state index is 12.5. The van der Waals surface area contributed by atoms with Gasteiger partial charge in [-0.25, -0.2) is 8.42 Å². The number of benzene rings is 2. The predicted molar refractivity (Wildman–Crippen MR) is 106 cm³/mol. The van der Waals surface area contributed by atoms with Crippen LogP contribution in [0.15, 0.2) is 48.5 Å². The van der Waals surface area contributed by atoms with Gasteiger partial charge >= 0.3 is 0 Å². The summed E-state index contributed by atoms with van der Waals surface area (Å²) in [6, 6.07) is 15.1. The topological polar surface area (TPSA) is 75.7 Å². The summed E-state index contributed by atoms with van der Waals surface area (Å²) in [4.78, 5) is 12.5. The largest absolute Gasteiger partial charge is 0.476 e. The second-order valence-corrected chi connectivity index (χ2v) is 8.66. The van der Waals surface area contributed by atoms with E-state index in [0.717, 1.165) is 19.1 Å². The zero-order valence-electron chi connectivity index (χ0n) is 15.5. The number of fused-ring (bicyclic) bond motifs is 1. The van der Waals surface area contributed by atoms with E-state index in [-0.39, 0.29) is 12.5 Å². The first kappa shape index (κ1) is 19.2. The van der Waals surface area contributed by atoms with Crippen LogP contribution < -0.4 is 14.4 Å². The Morgan fingerprint density at radius 2 is 2.00 bits per heavy atom. The Hall–Kier alpha value is -2.54. The van der Waals surface area contributed by atoms with Crippen molar-refractivity contribution in [2.24, 2.45) is 0 Å². The van der Waals surface area contributed by atoms with E-state index < -0.39 is 16.1 Å². The third-order valence-electron chi connectivity index (χ3n) is 4.45. The van der Waals surface area contributed by atoms with Crippen molar-refractivity contribution in [1.29, 1.82) is 0 Å². The number of nitrogens with zero attached hydrogens (tertiary/aromatic N) is 1. The molecule has 6 nitrogen and oxygen atoms in total. The Kier molecular flexibility index (Phi) is 5.70. The zero-order valence-corrected chi connectivity index (χ0v) is 16.3. The van der Waals surface area contributed by atoms with Crippen molar-refractivity contribution in [3.63, 3.8) is 0 Å². The fourth-order valence-corrected chi connectivity index (χ4v) is 4.05. The van der Waals surface area contributed by atoms with E-state index >= 15 is 0 Å². The average Bonchev–Trinajstić information content (AvgIpc) is 2.63. The van der Waals surface area contributed by atoms with Crippen molar-refractivity contribution < 1.29 is 17.9 Å². The van der Waals surface area contributed by atoms with Crippen LogP contribution in [0.5, 0.6) is 5.75 Å². The Balaban J connectivity index is 1.59. The molecule has 144 valence electrons. The summed E-state index contributed by atoms with van der Waals surface area (Å²) < 4.78 is 31.2. The second-order valence-electron chi connectivity index (χ2n) is 6.75. The van der Waals surface area contributed by atoms with Gasteiger partial charge in [0.25, 0.3) is 5.91 Å². The van der Waals surface area contributed by atoms with Crippen LogP contribution in [-0.2, 0) is 21.2 Å². The quantitative estimate of drug-likeness (QED) is 0.771. The molecular formula is C20H24N2O4S. The molecule has 0 spiro atoms. The summed E-state index contributed by atoms with van der Waals surface area (Å²) >= 11 is 0. The number of hydrogen-bond acceptors (Lipinski definition) is 4. The number of carbonyl (C=O) groups is 1. The van der Waals surface area contributed by atoms with Gasteiger partial charge in [0.2, 0.25) is 10.0 Å². The number of sulfonamides is 1. The highest BCUT2D eigenvalue weighted by molar-refractivity contribution is 7.92. The van der Waals surface area contributed by atoms with Gasteiger partial charge in [0.05, 0.1) is 18.5 Å². The number of hydrogen-bond donors (Lipinski definition) is 1. The molecule has 2 aromatic rings. The number of rotatable bonds is 6. The lowest BCUT2D eigenvalue weighted by molar-refractivity contribution is -0.127. The van der Waals surface area contributed by atoms with Crippen LogP contribution in [0.3, 0.4) is 0 Å². The molecule has 7 heteroatoms. The van der Waals surface area contributed by atoms with Gasteiger partial charge in [-0.15, -0.1) is 0 Å². The molecule has 0 saturated carbocycles. The van der Waals surface area contributed by atoms with Gasteiger partial charge in [-0.1, -0.05) is 42.0 Å². The Morgan fingerprint density at radius 1 is 1.22 bits per heavy atom. The highest BCUT2D eigenvalue weighted by atomic mass is 32.2. The number of nitrogens with one attached hydrogen (secondary N) is 1. The molecule has 0 aliphatic carbocycles. The molecule has 1 unspecified atom stereocenters. The van der Waals surface area contributed by atoms with Crippen LogP contribution in [-0.4, -0.2) is 39.8 Å². The predicted octanol–water partition coefficient (Wildman–Crippen LogP) is 2.27. The van der Waals surface area contributed by atoms with Crippen molar-refractivity contribution in [3.8, 4) is 5.75 Å². The van der Waals surface area contributed by atoms with Crippen LogP contribution in [0.2, 0.25) is 0 Å². The summed E-state index contributed by atoms with van der Waals surface area (Å²) in [6.07, 6.45) is 1.93. The van der Waals surface area contributed by atoms with Crippen molar-refractivity contribution in [3.05, 3.63) is 59.7 Å². The van der Waals surface area contributed by atoms with Crippen LogP contribution >= 0.6 is 0 Å². The Bertz CT molecular complexity index is 927. The lowest BCUT2D eigenvalue weighted by atomic mass is 10.1. The molecule has 0 fully saturated rings. The minimum atomic E-state index is -3.50. The van der Waals surface area contributed by atoms with Gasteiger partial charge in [0, 0.05) is 6.54 Å². The van der Waals surface area contributed by atoms with E-state index in [9.17, 15) is 13.2 Å². The average molecular weight is 388 g/mol. The lowest BCUT2D eigenvalue weighted by Crippen LogP contribution is -2.50. The molecule has 0 bridgehead atoms. The van der Waals surface area contributed by atoms with Gasteiger partial charge in [-0.3, -0.25) is 9.10 Å². The molecule has 3 rings (SSSR count). The zero-order chi connectivity index (χ0) is 19.4. The molecule has 0 saturated heterocycles. The standard InChI is InChI=1S/C20H24N2O4S/c1-15-7-5-8-16(13-15)9-6-12-21-20(23)19-14-22(27(2,24)25)17-10-3-4-11-18(17)26-19/h3-5,7-8,10-11,13,19H,6,9,12,14H2,1-2H3,(H,21,23). The van der Waals surface area contributed by atoms with Crippen LogP contribution in [0.25, 0.3) is 0 Å². The van der Waals surface area contributed by atoms with Gasteiger partial charge in [-0.05, 0) is 37.5 Å². The van der Waals surface area contributed by atoms with Crippen LogP contribution in [0.1, 0.15) is 17.5 Å². The maximum atomic E-state index is 12.5. The fraction of sp³-hybridized carbons (Fsp3) is 0.350. The smallest absolute Gasteiger partial charge is 0.263 e. The molecule has 1 aliphatic heterocycles. The number of anilines is 1. The first-order chi connectivity index (χ1) is 12.8. The first-order valence-corrected chi connectivity index (χ1v) is 10.8. The molecule has 2 aromatic carbocycles. The van der Waals surface area contributed by atoms with Gasteiger partial charge in [-0.2, -0.15) is 0 Å². The molecule has 1 heterocycles. The van der Waals surface area contributed by atoms with E-state index in [1.807, 2.05) is 6.07 Å². The molecule has 1 N–H and O–H groups in total. The second kappa shape index (κ2) is 8.00. The van der Waals surface area contributed by atoms with E-state index in [1.54, 1.807) is 24.3 Å². The number of para-hydroxylation sites is 2. The summed E-state index contributed by atoms with van der Waals surface area (Å²) in [5.41, 5.74) is 2.91. The van der Waals surface area contributed by atoms with Crippen LogP contribution in [0, 0.1) is 6.92 Å². The summed E-state index contributed by atoms with van der Waals surface area (Å²) in [5, 5.41) is 2.85. The van der Waals surface area contributed by atoms with Gasteiger partial charge in [0.1, 0.15) is 5.75 Å². The van der Waals surface area contributed by atoms with Gasteiger partial charge in [0.15, 0.2) is 6.10 Å². The van der Waals surface area contributed by atoms with Crippen LogP contribution in [0.4, 0.5) is 5.69 Å². The molecule has 1 amide bonds. The number of aryl methyl sites for hydroxylation is 2. The van der Waals surface area contributed by atoms with Gasteiger partial charge < -0.3 is 10.1 Å². The summed E-state index contributed by atoms with van der Waals surface area (Å²) in [6.45, 7) is 2.53. The molecular weight excluding hydrogens is 364 g/mol. The minimum absolute atomic E-state index is 0.0282. The molecule has 27 heavy (non-hydrogen) atoms.